The van der Waals surface area contributed by atoms with Crippen LogP contribution < -0.4 is 15.0 Å². The Morgan fingerprint density at radius 1 is 0.397 bits per heavy atom. The van der Waals surface area contributed by atoms with Gasteiger partial charge in [-0.05, 0) is 148 Å². The number of rotatable bonds is 9. The van der Waals surface area contributed by atoms with Crippen molar-refractivity contribution in [2.24, 2.45) is 0 Å². The molecular weight excluding hydrogens is 721 g/mol. The van der Waals surface area contributed by atoms with Crippen LogP contribution in [0.2, 0.25) is 19.6 Å². The van der Waals surface area contributed by atoms with Crippen LogP contribution >= 0.6 is 0 Å². The standard InChI is InChI=1S/C54H52N2OSi/c1-35(2)38-11-19-45(20-12-38)55(44-17-9-37(5)10-18-44)48-23-15-40-31-51-52-32-41-16-24-49(30-43(41)34-54(52)57-53(51)33-42(40)29-48)56(46-21-13-39(14-22-46)36(3)4)47-25-27-50(28-26-47)58(6,7)8/h9-36H,1-8H3. The topological polar surface area (TPSA) is 19.6 Å². The maximum absolute atomic E-state index is 6.71. The third-order valence-electron chi connectivity index (χ3n) is 11.8. The number of benzene rings is 8. The van der Waals surface area contributed by atoms with Gasteiger partial charge in [-0.15, -0.1) is 0 Å². The van der Waals surface area contributed by atoms with Crippen LogP contribution in [0.15, 0.2) is 162 Å². The summed E-state index contributed by atoms with van der Waals surface area (Å²) in [5, 5.41) is 8.40. The highest BCUT2D eigenvalue weighted by molar-refractivity contribution is 6.88. The van der Waals surface area contributed by atoms with Gasteiger partial charge in [0.1, 0.15) is 11.2 Å². The predicted molar refractivity (Wildman–Crippen MR) is 254 cm³/mol. The van der Waals surface area contributed by atoms with E-state index in [4.69, 9.17) is 4.42 Å². The van der Waals surface area contributed by atoms with Crippen molar-refractivity contribution < 1.29 is 4.42 Å². The minimum absolute atomic E-state index is 0.478. The van der Waals surface area contributed by atoms with E-state index in [1.54, 1.807) is 0 Å². The van der Waals surface area contributed by atoms with Crippen LogP contribution in [0.5, 0.6) is 0 Å². The quantitative estimate of drug-likeness (QED) is 0.136. The van der Waals surface area contributed by atoms with Gasteiger partial charge in [0.15, 0.2) is 0 Å². The third kappa shape index (κ3) is 7.07. The zero-order valence-corrected chi connectivity index (χ0v) is 36.0. The highest BCUT2D eigenvalue weighted by atomic mass is 28.3. The lowest BCUT2D eigenvalue weighted by Crippen LogP contribution is -2.37. The second-order valence-electron chi connectivity index (χ2n) is 17.7. The summed E-state index contributed by atoms with van der Waals surface area (Å²) in [7, 11) is -1.44. The number of hydrogen-bond acceptors (Lipinski definition) is 3. The monoisotopic (exact) mass is 772 g/mol. The average molecular weight is 773 g/mol. The van der Waals surface area contributed by atoms with Crippen molar-refractivity contribution in [2.75, 3.05) is 9.80 Å². The molecule has 0 aliphatic rings. The molecule has 3 nitrogen and oxygen atoms in total. The Kier molecular flexibility index (Phi) is 9.49. The summed E-state index contributed by atoms with van der Waals surface area (Å²) >= 11 is 0. The molecule has 0 radical (unpaired) electrons. The van der Waals surface area contributed by atoms with Crippen LogP contribution in [0, 0.1) is 6.92 Å². The molecule has 58 heavy (non-hydrogen) atoms. The molecule has 8 aromatic carbocycles. The van der Waals surface area contributed by atoms with Crippen LogP contribution in [0.1, 0.15) is 56.2 Å². The molecule has 0 spiro atoms. The molecule has 0 aliphatic heterocycles. The minimum atomic E-state index is -1.44. The lowest BCUT2D eigenvalue weighted by atomic mass is 10.0. The summed E-state index contributed by atoms with van der Waals surface area (Å²) in [6.07, 6.45) is 0. The van der Waals surface area contributed by atoms with Gasteiger partial charge in [-0.2, -0.15) is 0 Å². The maximum atomic E-state index is 6.71. The summed E-state index contributed by atoms with van der Waals surface area (Å²) < 4.78 is 6.71. The third-order valence-corrected chi connectivity index (χ3v) is 13.9. The van der Waals surface area contributed by atoms with Gasteiger partial charge in [-0.3, -0.25) is 0 Å². The molecule has 0 aliphatic carbocycles. The fraction of sp³-hybridized carbons (Fsp3) is 0.185. The largest absolute Gasteiger partial charge is 0.456 e. The molecule has 288 valence electrons. The van der Waals surface area contributed by atoms with Gasteiger partial charge in [0, 0.05) is 44.9 Å². The fourth-order valence-corrected chi connectivity index (χ4v) is 9.40. The molecule has 0 saturated heterocycles. The first kappa shape index (κ1) is 37.5. The Morgan fingerprint density at radius 2 is 0.759 bits per heavy atom. The van der Waals surface area contributed by atoms with Crippen molar-refractivity contribution in [3.05, 3.63) is 174 Å². The van der Waals surface area contributed by atoms with Crippen LogP contribution in [-0.2, 0) is 0 Å². The molecule has 9 rings (SSSR count). The molecular formula is C54H52N2OSi. The highest BCUT2D eigenvalue weighted by Gasteiger charge is 2.20. The fourth-order valence-electron chi connectivity index (χ4n) is 8.23. The van der Waals surface area contributed by atoms with Crippen LogP contribution in [-0.4, -0.2) is 8.07 Å². The van der Waals surface area contributed by atoms with E-state index in [1.807, 2.05) is 0 Å². The lowest BCUT2D eigenvalue weighted by molar-refractivity contribution is 0.670. The first-order valence-corrected chi connectivity index (χ1v) is 24.2. The van der Waals surface area contributed by atoms with E-state index in [0.29, 0.717) is 11.8 Å². The Balaban J connectivity index is 1.12. The summed E-state index contributed by atoms with van der Waals surface area (Å²) in [5.41, 5.74) is 12.5. The Bertz CT molecular complexity index is 2920. The molecule has 1 aromatic heterocycles. The van der Waals surface area contributed by atoms with Crippen molar-refractivity contribution in [2.45, 2.75) is 66.1 Å². The molecule has 4 heteroatoms. The molecule has 0 unspecified atom stereocenters. The van der Waals surface area contributed by atoms with Gasteiger partial charge >= 0.3 is 0 Å². The number of aryl methyl sites for hydroxylation is 1. The number of anilines is 6. The number of nitrogens with zero attached hydrogens (tertiary/aromatic N) is 2. The molecule has 0 amide bonds. The van der Waals surface area contributed by atoms with Crippen molar-refractivity contribution in [1.29, 1.82) is 0 Å². The van der Waals surface area contributed by atoms with E-state index < -0.39 is 8.07 Å². The molecule has 0 atom stereocenters. The zero-order chi connectivity index (χ0) is 40.3. The van der Waals surface area contributed by atoms with Crippen molar-refractivity contribution in [3.63, 3.8) is 0 Å². The van der Waals surface area contributed by atoms with E-state index >= 15 is 0 Å². The normalized spacial score (nSPS) is 12.1. The van der Waals surface area contributed by atoms with Crippen LogP contribution in [0.3, 0.4) is 0 Å². The molecule has 0 N–H and O–H groups in total. The van der Waals surface area contributed by atoms with Crippen molar-refractivity contribution >= 4 is 90.9 Å². The molecule has 1 heterocycles. The molecule has 9 aromatic rings. The number of hydrogen-bond donors (Lipinski definition) is 0. The maximum Gasteiger partial charge on any atom is 0.136 e. The Morgan fingerprint density at radius 3 is 1.14 bits per heavy atom. The van der Waals surface area contributed by atoms with Crippen molar-refractivity contribution in [1.82, 2.24) is 0 Å². The number of fused-ring (bicyclic) bond motifs is 5. The van der Waals surface area contributed by atoms with Gasteiger partial charge in [0.2, 0.25) is 0 Å². The van der Waals surface area contributed by atoms with Gasteiger partial charge in [-0.25, -0.2) is 0 Å². The minimum Gasteiger partial charge on any atom is -0.456 e. The SMILES string of the molecule is Cc1ccc(N(c2ccc(C(C)C)cc2)c2ccc3cc4c(cc3c2)oc2cc3cc(N(c5ccc(C(C)C)cc5)c5ccc([Si](C)(C)C)cc5)ccc3cc24)cc1. The summed E-state index contributed by atoms with van der Waals surface area (Å²) in [5.74, 6) is 0.958. The second kappa shape index (κ2) is 14.7. The van der Waals surface area contributed by atoms with Gasteiger partial charge in [0.05, 0.1) is 8.07 Å². The smallest absolute Gasteiger partial charge is 0.136 e. The first-order chi connectivity index (χ1) is 27.9. The highest BCUT2D eigenvalue weighted by Crippen LogP contribution is 2.41. The van der Waals surface area contributed by atoms with E-state index in [2.05, 4.69) is 222 Å². The van der Waals surface area contributed by atoms with Gasteiger partial charge in [-0.1, -0.05) is 119 Å². The van der Waals surface area contributed by atoms with E-state index in [9.17, 15) is 0 Å². The summed E-state index contributed by atoms with van der Waals surface area (Å²) in [6, 6.07) is 58.7. The molecule has 0 fully saturated rings. The lowest BCUT2D eigenvalue weighted by Gasteiger charge is -2.27. The van der Waals surface area contributed by atoms with Crippen LogP contribution in [0.4, 0.5) is 34.1 Å². The summed E-state index contributed by atoms with van der Waals surface area (Å²) in [6.45, 7) is 18.3. The predicted octanol–water partition coefficient (Wildman–Crippen LogP) is 15.9. The van der Waals surface area contributed by atoms with E-state index in [1.165, 1.54) is 32.6 Å². The number of furan rings is 1. The van der Waals surface area contributed by atoms with Crippen LogP contribution in [0.25, 0.3) is 43.5 Å². The molecule has 0 bridgehead atoms. The van der Waals surface area contributed by atoms with Gasteiger partial charge < -0.3 is 14.2 Å². The Labute approximate surface area is 344 Å². The van der Waals surface area contributed by atoms with Gasteiger partial charge in [0.25, 0.3) is 0 Å². The molecule has 0 saturated carbocycles. The Hall–Kier alpha value is -6.10. The second-order valence-corrected chi connectivity index (χ2v) is 22.7. The van der Waals surface area contributed by atoms with E-state index in [0.717, 1.165) is 66.8 Å². The zero-order valence-electron chi connectivity index (χ0n) is 35.0. The first-order valence-electron chi connectivity index (χ1n) is 20.7. The average Bonchev–Trinajstić information content (AvgIpc) is 3.56. The van der Waals surface area contributed by atoms with Crippen molar-refractivity contribution in [3.8, 4) is 0 Å². The summed E-state index contributed by atoms with van der Waals surface area (Å²) in [4.78, 5) is 4.72. The van der Waals surface area contributed by atoms with E-state index in [-0.39, 0.29) is 0 Å².